The van der Waals surface area contributed by atoms with E-state index in [-0.39, 0.29) is 5.91 Å². The van der Waals surface area contributed by atoms with Crippen molar-refractivity contribution in [2.24, 2.45) is 5.92 Å². The van der Waals surface area contributed by atoms with E-state index in [1.54, 1.807) is 18.7 Å². The third kappa shape index (κ3) is 7.83. The van der Waals surface area contributed by atoms with E-state index in [4.69, 9.17) is 0 Å². The summed E-state index contributed by atoms with van der Waals surface area (Å²) in [5.74, 6) is 1.58. The van der Waals surface area contributed by atoms with Crippen LogP contribution in [0.4, 0.5) is 0 Å². The van der Waals surface area contributed by atoms with Gasteiger partial charge in [-0.2, -0.15) is 11.8 Å². The summed E-state index contributed by atoms with van der Waals surface area (Å²) in [5.41, 5.74) is -0.793. The fraction of sp³-hybridized carbons (Fsp3) is 0.933. The zero-order valence-electron chi connectivity index (χ0n) is 12.4. The molecule has 1 aliphatic carbocycles. The Labute approximate surface area is 121 Å². The van der Waals surface area contributed by atoms with Crippen molar-refractivity contribution >= 4 is 17.7 Å². The molecule has 0 aromatic carbocycles. The number of amides is 1. The van der Waals surface area contributed by atoms with Crippen molar-refractivity contribution in [3.63, 3.8) is 0 Å². The molecule has 1 amide bonds. The Kier molecular flexibility index (Phi) is 7.84. The van der Waals surface area contributed by atoms with Crippen molar-refractivity contribution in [2.75, 3.05) is 18.6 Å². The van der Waals surface area contributed by atoms with E-state index in [1.165, 1.54) is 38.5 Å². The van der Waals surface area contributed by atoms with Gasteiger partial charge in [-0.25, -0.2) is 0 Å². The number of carbonyl (C=O) groups excluding carboxylic acids is 1. The number of nitrogens with one attached hydrogen (secondary N) is 1. The van der Waals surface area contributed by atoms with Crippen LogP contribution in [-0.2, 0) is 4.79 Å². The van der Waals surface area contributed by atoms with E-state index < -0.39 is 5.60 Å². The van der Waals surface area contributed by atoms with Crippen LogP contribution in [-0.4, -0.2) is 35.2 Å². The van der Waals surface area contributed by atoms with Crippen LogP contribution >= 0.6 is 11.8 Å². The predicted octanol–water partition coefficient (Wildman–Crippen LogP) is 2.97. The molecule has 0 saturated heterocycles. The number of carbonyl (C=O) groups is 1. The van der Waals surface area contributed by atoms with Gasteiger partial charge in [-0.15, -0.1) is 0 Å². The van der Waals surface area contributed by atoms with E-state index in [1.807, 2.05) is 6.26 Å². The first-order valence-electron chi connectivity index (χ1n) is 7.51. The Morgan fingerprint density at radius 1 is 1.37 bits per heavy atom. The van der Waals surface area contributed by atoms with Gasteiger partial charge in [0.15, 0.2) is 0 Å². The van der Waals surface area contributed by atoms with Gasteiger partial charge in [0.1, 0.15) is 0 Å². The van der Waals surface area contributed by atoms with Gasteiger partial charge in [-0.1, -0.05) is 32.1 Å². The maximum atomic E-state index is 11.7. The van der Waals surface area contributed by atoms with Crippen LogP contribution in [0.25, 0.3) is 0 Å². The highest BCUT2D eigenvalue weighted by molar-refractivity contribution is 7.98. The third-order valence-corrected chi connectivity index (χ3v) is 4.77. The first-order chi connectivity index (χ1) is 9.03. The molecule has 1 aliphatic rings. The zero-order valence-corrected chi connectivity index (χ0v) is 13.2. The molecule has 1 atom stereocenters. The van der Waals surface area contributed by atoms with Crippen molar-refractivity contribution in [1.82, 2.24) is 5.32 Å². The van der Waals surface area contributed by atoms with Gasteiger partial charge in [0.2, 0.25) is 5.91 Å². The molecular formula is C15H29NO2S. The molecule has 0 radical (unpaired) electrons. The average molecular weight is 287 g/mol. The van der Waals surface area contributed by atoms with E-state index in [0.29, 0.717) is 18.7 Å². The molecule has 0 aromatic heterocycles. The molecule has 4 heteroatoms. The van der Waals surface area contributed by atoms with Gasteiger partial charge >= 0.3 is 0 Å². The summed E-state index contributed by atoms with van der Waals surface area (Å²) in [7, 11) is 0. The maximum absolute atomic E-state index is 11.7. The highest BCUT2D eigenvalue weighted by Gasteiger charge is 2.20. The normalized spacial score (nSPS) is 19.9. The Morgan fingerprint density at radius 3 is 2.68 bits per heavy atom. The number of rotatable bonds is 8. The van der Waals surface area contributed by atoms with Crippen molar-refractivity contribution in [1.29, 1.82) is 0 Å². The lowest BCUT2D eigenvalue weighted by molar-refractivity contribution is -0.122. The molecule has 0 heterocycles. The fourth-order valence-corrected chi connectivity index (χ4v) is 3.49. The summed E-state index contributed by atoms with van der Waals surface area (Å²) in [6.07, 6.45) is 11.6. The number of thioether (sulfide) groups is 1. The van der Waals surface area contributed by atoms with Crippen molar-refractivity contribution in [2.45, 2.75) is 63.9 Å². The lowest BCUT2D eigenvalue weighted by Gasteiger charge is -2.23. The minimum absolute atomic E-state index is 0.0807. The lowest BCUT2D eigenvalue weighted by atomic mass is 9.86. The Balaban J connectivity index is 2.07. The third-order valence-electron chi connectivity index (χ3n) is 3.86. The zero-order chi connectivity index (χ0) is 14.1. The molecule has 0 bridgehead atoms. The number of hydrogen-bond acceptors (Lipinski definition) is 3. The van der Waals surface area contributed by atoms with Crippen LogP contribution < -0.4 is 5.32 Å². The minimum atomic E-state index is -0.793. The van der Waals surface area contributed by atoms with E-state index in [9.17, 15) is 9.90 Å². The monoisotopic (exact) mass is 287 g/mol. The fourth-order valence-electron chi connectivity index (χ4n) is 2.77. The van der Waals surface area contributed by atoms with Gasteiger partial charge in [0.25, 0.3) is 0 Å². The first-order valence-corrected chi connectivity index (χ1v) is 8.91. The second kappa shape index (κ2) is 8.85. The first kappa shape index (κ1) is 16.8. The largest absolute Gasteiger partial charge is 0.387 e. The summed E-state index contributed by atoms with van der Waals surface area (Å²) in [6.45, 7) is 2.13. The van der Waals surface area contributed by atoms with E-state index in [0.717, 1.165) is 12.3 Å². The Morgan fingerprint density at radius 2 is 2.05 bits per heavy atom. The minimum Gasteiger partial charge on any atom is -0.387 e. The molecule has 3 nitrogen and oxygen atoms in total. The summed E-state index contributed by atoms with van der Waals surface area (Å²) in [4.78, 5) is 11.7. The number of hydrogen-bond donors (Lipinski definition) is 2. The molecule has 19 heavy (non-hydrogen) atoms. The highest BCUT2D eigenvalue weighted by Crippen LogP contribution is 2.27. The molecular weight excluding hydrogens is 258 g/mol. The molecule has 1 unspecified atom stereocenters. The van der Waals surface area contributed by atoms with Crippen molar-refractivity contribution in [3.05, 3.63) is 0 Å². The molecule has 0 aliphatic heterocycles. The van der Waals surface area contributed by atoms with Crippen molar-refractivity contribution < 1.29 is 9.90 Å². The van der Waals surface area contributed by atoms with Gasteiger partial charge in [0.05, 0.1) is 5.60 Å². The van der Waals surface area contributed by atoms with Gasteiger partial charge in [0, 0.05) is 18.7 Å². The van der Waals surface area contributed by atoms with Crippen LogP contribution in [0.5, 0.6) is 0 Å². The van der Waals surface area contributed by atoms with Crippen molar-refractivity contribution in [3.8, 4) is 0 Å². The second-order valence-corrected chi connectivity index (χ2v) is 6.97. The van der Waals surface area contributed by atoms with E-state index >= 15 is 0 Å². The standard InChI is InChI=1S/C15H29NO2S/c1-15(18,12-19-2)11-16-14(17)10-6-9-13-7-4-3-5-8-13/h13,18H,3-12H2,1-2H3,(H,16,17). The smallest absolute Gasteiger partial charge is 0.220 e. The van der Waals surface area contributed by atoms with Crippen LogP contribution in [0.15, 0.2) is 0 Å². The lowest BCUT2D eigenvalue weighted by Crippen LogP contribution is -2.42. The molecule has 112 valence electrons. The van der Waals surface area contributed by atoms with Gasteiger partial charge in [-0.3, -0.25) is 4.79 Å². The number of aliphatic hydroxyl groups is 1. The molecule has 1 fully saturated rings. The summed E-state index contributed by atoms with van der Waals surface area (Å²) in [5, 5.41) is 12.8. The highest BCUT2D eigenvalue weighted by atomic mass is 32.2. The molecule has 0 spiro atoms. The SMILES string of the molecule is CSCC(C)(O)CNC(=O)CCCC1CCCCC1. The topological polar surface area (TPSA) is 49.3 Å². The van der Waals surface area contributed by atoms with E-state index in [2.05, 4.69) is 5.32 Å². The quantitative estimate of drug-likeness (QED) is 0.721. The van der Waals surface area contributed by atoms with Gasteiger partial charge < -0.3 is 10.4 Å². The Bertz CT molecular complexity index is 263. The molecule has 1 rings (SSSR count). The Hall–Kier alpha value is -0.220. The van der Waals surface area contributed by atoms with Crippen LogP contribution in [0.2, 0.25) is 0 Å². The maximum Gasteiger partial charge on any atom is 0.220 e. The van der Waals surface area contributed by atoms with Gasteiger partial charge in [-0.05, 0) is 31.9 Å². The summed E-state index contributed by atoms with van der Waals surface area (Å²) in [6, 6.07) is 0. The van der Waals surface area contributed by atoms with Crippen LogP contribution in [0.1, 0.15) is 58.3 Å². The molecule has 1 saturated carbocycles. The van der Waals surface area contributed by atoms with Crippen LogP contribution in [0, 0.1) is 5.92 Å². The summed E-state index contributed by atoms with van der Waals surface area (Å²) < 4.78 is 0. The average Bonchev–Trinajstić information content (AvgIpc) is 2.38. The molecule has 2 N–H and O–H groups in total. The molecule has 0 aromatic rings. The predicted molar refractivity (Wildman–Crippen MR) is 82.4 cm³/mol. The second-order valence-electron chi connectivity index (χ2n) is 6.10. The van der Waals surface area contributed by atoms with Crippen LogP contribution in [0.3, 0.4) is 0 Å². The summed E-state index contributed by atoms with van der Waals surface area (Å²) >= 11 is 1.60.